The first-order valence-corrected chi connectivity index (χ1v) is 5.88. The monoisotopic (exact) mass is 231 g/mol. The molecule has 0 aliphatic heterocycles. The quantitative estimate of drug-likeness (QED) is 0.766. The van der Waals surface area contributed by atoms with Gasteiger partial charge in [-0.1, -0.05) is 12.1 Å². The van der Waals surface area contributed by atoms with Gasteiger partial charge in [-0.15, -0.1) is 5.10 Å². The molecule has 1 aromatic rings. The number of hydrogen-bond donors (Lipinski definition) is 1. The second kappa shape index (κ2) is 5.01. The van der Waals surface area contributed by atoms with Crippen LogP contribution in [0, 0.1) is 0 Å². The molecule has 0 spiro atoms. The van der Waals surface area contributed by atoms with Crippen molar-refractivity contribution in [1.82, 2.24) is 15.0 Å². The Labute approximate surface area is 89.7 Å². The molecule has 0 bridgehead atoms. The molecule has 1 N–H and O–H groups in total. The largest absolute Gasteiger partial charge is 0.480 e. The van der Waals surface area contributed by atoms with E-state index >= 15 is 0 Å². The summed E-state index contributed by atoms with van der Waals surface area (Å²) in [6, 6.07) is 0. The second-order valence-corrected chi connectivity index (χ2v) is 4.76. The Kier molecular flexibility index (Phi) is 3.96. The summed E-state index contributed by atoms with van der Waals surface area (Å²) in [5.41, 5.74) is 0.551. The number of rotatable bonds is 5. The van der Waals surface area contributed by atoms with E-state index in [4.69, 9.17) is 5.11 Å². The van der Waals surface area contributed by atoms with Crippen molar-refractivity contribution in [3.05, 3.63) is 11.9 Å². The second-order valence-electron chi connectivity index (χ2n) is 3.14. The Morgan fingerprint density at radius 3 is 2.80 bits per heavy atom. The SMILES string of the molecule is CCC(C(=O)O)S(=O)Cc1cn(C)nn1. The number of aliphatic carboxylic acids is 1. The molecule has 0 aliphatic carbocycles. The highest BCUT2D eigenvalue weighted by atomic mass is 32.2. The van der Waals surface area contributed by atoms with Crippen molar-refractivity contribution >= 4 is 16.8 Å². The third-order valence-corrected chi connectivity index (χ3v) is 3.65. The van der Waals surface area contributed by atoms with Gasteiger partial charge in [0.05, 0.1) is 11.4 Å². The summed E-state index contributed by atoms with van der Waals surface area (Å²) in [6.45, 7) is 1.70. The van der Waals surface area contributed by atoms with Gasteiger partial charge < -0.3 is 5.11 Å². The Bertz CT molecular complexity index is 377. The molecule has 6 nitrogen and oxygen atoms in total. The number of carboxylic acid groups (broad SMARTS) is 1. The molecular weight excluding hydrogens is 218 g/mol. The molecule has 0 aliphatic rings. The van der Waals surface area contributed by atoms with Crippen LogP contribution in [0.25, 0.3) is 0 Å². The maximum Gasteiger partial charge on any atom is 0.319 e. The van der Waals surface area contributed by atoms with E-state index < -0.39 is 22.0 Å². The molecule has 0 fully saturated rings. The van der Waals surface area contributed by atoms with Crippen LogP contribution in [0.1, 0.15) is 19.0 Å². The molecule has 0 saturated heterocycles. The summed E-state index contributed by atoms with van der Waals surface area (Å²) in [7, 11) is 0.261. The Morgan fingerprint density at radius 1 is 1.73 bits per heavy atom. The van der Waals surface area contributed by atoms with E-state index in [2.05, 4.69) is 10.3 Å². The first-order valence-electron chi connectivity index (χ1n) is 4.49. The van der Waals surface area contributed by atoms with Crippen LogP contribution in [0.5, 0.6) is 0 Å². The standard InChI is InChI=1S/C8H13N3O3S/c1-3-7(8(12)13)15(14)5-6-4-11(2)10-9-6/h4,7H,3,5H2,1-2H3,(H,12,13). The minimum atomic E-state index is -1.44. The predicted molar refractivity (Wildman–Crippen MR) is 54.6 cm³/mol. The fraction of sp³-hybridized carbons (Fsp3) is 0.625. The zero-order valence-corrected chi connectivity index (χ0v) is 9.40. The maximum absolute atomic E-state index is 11.6. The highest BCUT2D eigenvalue weighted by Gasteiger charge is 2.23. The van der Waals surface area contributed by atoms with E-state index in [9.17, 15) is 9.00 Å². The van der Waals surface area contributed by atoms with Gasteiger partial charge in [-0.25, -0.2) is 0 Å². The first-order chi connectivity index (χ1) is 7.04. The van der Waals surface area contributed by atoms with Crippen LogP contribution in [0.2, 0.25) is 0 Å². The normalized spacial score (nSPS) is 14.8. The molecule has 15 heavy (non-hydrogen) atoms. The minimum Gasteiger partial charge on any atom is -0.480 e. The van der Waals surface area contributed by atoms with Gasteiger partial charge in [0.2, 0.25) is 0 Å². The number of aryl methyl sites for hydroxylation is 1. The summed E-state index contributed by atoms with van der Waals surface area (Å²) < 4.78 is 13.1. The molecule has 1 rings (SSSR count). The van der Waals surface area contributed by atoms with Gasteiger partial charge >= 0.3 is 5.97 Å². The highest BCUT2D eigenvalue weighted by molar-refractivity contribution is 7.85. The summed E-state index contributed by atoms with van der Waals surface area (Å²) in [5.74, 6) is -0.890. The molecule has 1 heterocycles. The first kappa shape index (κ1) is 11.8. The Balaban J connectivity index is 2.66. The molecule has 1 aromatic heterocycles. The molecule has 0 amide bonds. The van der Waals surface area contributed by atoms with Crippen LogP contribution >= 0.6 is 0 Å². The van der Waals surface area contributed by atoms with E-state index in [1.54, 1.807) is 20.2 Å². The average molecular weight is 231 g/mol. The van der Waals surface area contributed by atoms with E-state index in [0.717, 1.165) is 0 Å². The lowest BCUT2D eigenvalue weighted by molar-refractivity contribution is -0.136. The number of nitrogens with zero attached hydrogens (tertiary/aromatic N) is 3. The van der Waals surface area contributed by atoms with Gasteiger partial charge in [0.1, 0.15) is 5.25 Å². The number of carboxylic acids is 1. The lowest BCUT2D eigenvalue weighted by Crippen LogP contribution is -2.25. The average Bonchev–Trinajstić information content (AvgIpc) is 2.51. The van der Waals surface area contributed by atoms with E-state index in [1.807, 2.05) is 0 Å². The summed E-state index contributed by atoms with van der Waals surface area (Å²) in [6.07, 6.45) is 1.98. The van der Waals surface area contributed by atoms with Crippen LogP contribution in [-0.4, -0.2) is 35.5 Å². The molecule has 2 unspecified atom stereocenters. The molecule has 84 valence electrons. The van der Waals surface area contributed by atoms with Crippen molar-refractivity contribution in [2.75, 3.05) is 0 Å². The topological polar surface area (TPSA) is 85.1 Å². The Morgan fingerprint density at radius 2 is 2.40 bits per heavy atom. The number of aromatic nitrogens is 3. The van der Waals surface area contributed by atoms with Gasteiger partial charge in [-0.2, -0.15) is 0 Å². The zero-order chi connectivity index (χ0) is 11.4. The van der Waals surface area contributed by atoms with Crippen molar-refractivity contribution in [2.24, 2.45) is 7.05 Å². The van der Waals surface area contributed by atoms with Crippen molar-refractivity contribution in [3.63, 3.8) is 0 Å². The van der Waals surface area contributed by atoms with Gasteiger partial charge in [-0.3, -0.25) is 13.7 Å². The summed E-state index contributed by atoms with van der Waals surface area (Å²) >= 11 is 0. The fourth-order valence-electron chi connectivity index (χ4n) is 1.18. The molecule has 2 atom stereocenters. The van der Waals surface area contributed by atoms with Crippen molar-refractivity contribution in [2.45, 2.75) is 24.3 Å². The smallest absolute Gasteiger partial charge is 0.319 e. The van der Waals surface area contributed by atoms with Crippen LogP contribution in [0.15, 0.2) is 6.20 Å². The predicted octanol–water partition coefficient (Wildman–Crippen LogP) is -0.0730. The minimum absolute atomic E-state index is 0.138. The van der Waals surface area contributed by atoms with Crippen molar-refractivity contribution in [1.29, 1.82) is 0 Å². The molecule has 0 saturated carbocycles. The maximum atomic E-state index is 11.6. The molecule has 0 radical (unpaired) electrons. The van der Waals surface area contributed by atoms with Gasteiger partial charge in [-0.05, 0) is 6.42 Å². The summed E-state index contributed by atoms with van der Waals surface area (Å²) in [5, 5.41) is 15.4. The zero-order valence-electron chi connectivity index (χ0n) is 8.58. The van der Waals surface area contributed by atoms with Crippen molar-refractivity contribution in [3.8, 4) is 0 Å². The Hall–Kier alpha value is -1.24. The van der Waals surface area contributed by atoms with Crippen LogP contribution in [-0.2, 0) is 28.4 Å². The van der Waals surface area contributed by atoms with E-state index in [0.29, 0.717) is 12.1 Å². The summed E-state index contributed by atoms with van der Waals surface area (Å²) in [4.78, 5) is 10.7. The van der Waals surface area contributed by atoms with Crippen LogP contribution in [0.3, 0.4) is 0 Å². The van der Waals surface area contributed by atoms with Gasteiger partial charge in [0, 0.05) is 24.0 Å². The molecular formula is C8H13N3O3S. The van der Waals surface area contributed by atoms with E-state index in [1.165, 1.54) is 4.68 Å². The third kappa shape index (κ3) is 3.12. The fourth-order valence-corrected chi connectivity index (χ4v) is 2.40. The third-order valence-electron chi connectivity index (χ3n) is 1.90. The van der Waals surface area contributed by atoms with Gasteiger partial charge in [0.15, 0.2) is 0 Å². The van der Waals surface area contributed by atoms with Crippen LogP contribution in [0.4, 0.5) is 0 Å². The highest BCUT2D eigenvalue weighted by Crippen LogP contribution is 2.07. The van der Waals surface area contributed by atoms with Crippen LogP contribution < -0.4 is 0 Å². The molecule has 7 heteroatoms. The van der Waals surface area contributed by atoms with E-state index in [-0.39, 0.29) is 5.75 Å². The number of carbonyl (C=O) groups is 1. The lowest BCUT2D eigenvalue weighted by Gasteiger charge is -2.07. The molecule has 0 aromatic carbocycles. The lowest BCUT2D eigenvalue weighted by atomic mass is 10.3. The van der Waals surface area contributed by atoms with Gasteiger partial charge in [0.25, 0.3) is 0 Å². The van der Waals surface area contributed by atoms with Crippen molar-refractivity contribution < 1.29 is 14.1 Å². The number of hydrogen-bond acceptors (Lipinski definition) is 4.